The van der Waals surface area contributed by atoms with Gasteiger partial charge >= 0.3 is 12.1 Å². The number of carboxylic acids is 1. The summed E-state index contributed by atoms with van der Waals surface area (Å²) in [5, 5.41) is 8.97. The fourth-order valence-electron chi connectivity index (χ4n) is 1.40. The Hall–Kier alpha value is -1.61. The average molecular weight is 311 g/mol. The second kappa shape index (κ2) is 6.23. The summed E-state index contributed by atoms with van der Waals surface area (Å²) in [5.41, 5.74) is 0.135. The van der Waals surface area contributed by atoms with Gasteiger partial charge in [-0.25, -0.2) is 8.42 Å². The first-order valence-corrected chi connectivity index (χ1v) is 7.10. The number of alkyl halides is 3. The van der Waals surface area contributed by atoms with Gasteiger partial charge in [0.15, 0.2) is 0 Å². The molecule has 0 heterocycles. The molecule has 0 saturated heterocycles. The van der Waals surface area contributed by atoms with E-state index in [0.29, 0.717) is 0 Å². The molecule has 1 atom stereocenters. The smallest absolute Gasteiger partial charge is 0.390 e. The highest BCUT2D eigenvalue weighted by Gasteiger charge is 2.32. The molecule has 9 heteroatoms. The lowest BCUT2D eigenvalue weighted by Gasteiger charge is -2.15. The predicted molar refractivity (Wildman–Crippen MR) is 64.4 cm³/mol. The molecule has 1 rings (SSSR count). The number of aliphatic carboxylic acids is 1. The van der Waals surface area contributed by atoms with Gasteiger partial charge in [-0.15, -0.1) is 0 Å². The Balaban J connectivity index is 2.84. The molecule has 0 bridgehead atoms. The largest absolute Gasteiger partial charge is 0.480 e. The van der Waals surface area contributed by atoms with E-state index in [1.807, 2.05) is 0 Å². The zero-order chi connectivity index (χ0) is 15.4. The van der Waals surface area contributed by atoms with Crippen LogP contribution in [-0.2, 0) is 14.8 Å². The number of halogens is 3. The highest BCUT2D eigenvalue weighted by molar-refractivity contribution is 7.89. The lowest BCUT2D eigenvalue weighted by molar-refractivity contribution is -0.139. The first-order valence-electron chi connectivity index (χ1n) is 5.45. The topological polar surface area (TPSA) is 83.5 Å². The third kappa shape index (κ3) is 5.57. The number of nitrogens with one attached hydrogen (secondary N) is 1. The fourth-order valence-corrected chi connectivity index (χ4v) is 2.61. The number of carboxylic acid groups (broad SMARTS) is 1. The number of benzene rings is 1. The summed E-state index contributed by atoms with van der Waals surface area (Å²) in [6.07, 6.45) is -6.16. The highest BCUT2D eigenvalue weighted by Crippen LogP contribution is 2.21. The van der Waals surface area contributed by atoms with Gasteiger partial charge in [0.1, 0.15) is 6.04 Å². The Morgan fingerprint density at radius 1 is 1.25 bits per heavy atom. The standard InChI is InChI=1S/C11H12F3NO4S/c12-11(13,14)6-7-20(18,19)15-9(10(16)17)8-4-2-1-3-5-8/h1-5,9,15H,6-7H2,(H,16,17)/t9-/m0/s1. The second-order valence-electron chi connectivity index (χ2n) is 3.98. The lowest BCUT2D eigenvalue weighted by atomic mass is 10.1. The number of hydrogen-bond donors (Lipinski definition) is 2. The average Bonchev–Trinajstić information content (AvgIpc) is 2.34. The normalized spacial score (nSPS) is 13.9. The summed E-state index contributed by atoms with van der Waals surface area (Å²) in [5.74, 6) is -2.71. The van der Waals surface area contributed by atoms with Gasteiger partial charge < -0.3 is 5.11 Å². The Kier molecular flexibility index (Phi) is 5.12. The maximum absolute atomic E-state index is 12.0. The third-order valence-corrected chi connectivity index (χ3v) is 3.67. The van der Waals surface area contributed by atoms with Crippen molar-refractivity contribution in [3.05, 3.63) is 35.9 Å². The van der Waals surface area contributed by atoms with Crippen LogP contribution in [0.15, 0.2) is 30.3 Å². The molecule has 0 unspecified atom stereocenters. The maximum atomic E-state index is 12.0. The molecule has 5 nitrogen and oxygen atoms in total. The molecule has 1 aromatic rings. The summed E-state index contributed by atoms with van der Waals surface area (Å²) >= 11 is 0. The van der Waals surface area contributed by atoms with Gasteiger partial charge in [0.05, 0.1) is 12.2 Å². The molecule has 0 aliphatic rings. The minimum Gasteiger partial charge on any atom is -0.480 e. The van der Waals surface area contributed by atoms with Crippen LogP contribution < -0.4 is 4.72 Å². The van der Waals surface area contributed by atoms with E-state index < -0.39 is 40.4 Å². The van der Waals surface area contributed by atoms with Crippen LogP contribution in [0.3, 0.4) is 0 Å². The van der Waals surface area contributed by atoms with E-state index in [1.54, 1.807) is 10.8 Å². The predicted octanol–water partition coefficient (Wildman–Crippen LogP) is 1.68. The van der Waals surface area contributed by atoms with Crippen LogP contribution in [-0.4, -0.2) is 31.4 Å². The summed E-state index contributed by atoms with van der Waals surface area (Å²) in [7, 11) is -4.36. The maximum Gasteiger partial charge on any atom is 0.390 e. The van der Waals surface area contributed by atoms with Crippen LogP contribution in [0.1, 0.15) is 18.0 Å². The summed E-state index contributed by atoms with van der Waals surface area (Å²) in [4.78, 5) is 11.0. The van der Waals surface area contributed by atoms with E-state index in [-0.39, 0.29) is 5.56 Å². The molecule has 112 valence electrons. The molecule has 0 aliphatic heterocycles. The van der Waals surface area contributed by atoms with Gasteiger partial charge in [0.2, 0.25) is 10.0 Å². The molecule has 0 aromatic heterocycles. The molecule has 0 fully saturated rings. The van der Waals surface area contributed by atoms with Crippen LogP contribution in [0, 0.1) is 0 Å². The zero-order valence-electron chi connectivity index (χ0n) is 10.1. The van der Waals surface area contributed by atoms with Crippen molar-refractivity contribution in [2.24, 2.45) is 0 Å². The minimum atomic E-state index is -4.62. The van der Waals surface area contributed by atoms with Crippen molar-refractivity contribution < 1.29 is 31.5 Å². The van der Waals surface area contributed by atoms with Crippen LogP contribution >= 0.6 is 0 Å². The van der Waals surface area contributed by atoms with E-state index >= 15 is 0 Å². The summed E-state index contributed by atoms with van der Waals surface area (Å²) in [6.45, 7) is 0. The molecule has 1 aromatic carbocycles. The van der Waals surface area contributed by atoms with Crippen molar-refractivity contribution in [2.45, 2.75) is 18.6 Å². The molecular weight excluding hydrogens is 299 g/mol. The molecule has 0 radical (unpaired) electrons. The van der Waals surface area contributed by atoms with Crippen LogP contribution in [0.25, 0.3) is 0 Å². The third-order valence-electron chi connectivity index (χ3n) is 2.33. The molecule has 0 spiro atoms. The molecule has 0 amide bonds. The molecule has 20 heavy (non-hydrogen) atoms. The fraction of sp³-hybridized carbons (Fsp3) is 0.364. The second-order valence-corrected chi connectivity index (χ2v) is 5.86. The van der Waals surface area contributed by atoms with E-state index in [4.69, 9.17) is 5.11 Å². The Morgan fingerprint density at radius 2 is 1.80 bits per heavy atom. The summed E-state index contributed by atoms with van der Waals surface area (Å²) < 4.78 is 60.7. The Bertz CT molecular complexity index is 557. The number of hydrogen-bond acceptors (Lipinski definition) is 3. The summed E-state index contributed by atoms with van der Waals surface area (Å²) in [6, 6.07) is 5.70. The molecule has 0 saturated carbocycles. The first-order chi connectivity index (χ1) is 9.11. The minimum absolute atomic E-state index is 0.135. The van der Waals surface area contributed by atoms with Crippen molar-refractivity contribution in [2.75, 3.05) is 5.75 Å². The van der Waals surface area contributed by atoms with Crippen molar-refractivity contribution in [3.63, 3.8) is 0 Å². The van der Waals surface area contributed by atoms with Gasteiger partial charge in [0.25, 0.3) is 0 Å². The van der Waals surface area contributed by atoms with Gasteiger partial charge in [0, 0.05) is 0 Å². The number of carbonyl (C=O) groups is 1. The monoisotopic (exact) mass is 311 g/mol. The molecule has 0 aliphatic carbocycles. The number of sulfonamides is 1. The van der Waals surface area contributed by atoms with E-state index in [9.17, 15) is 26.4 Å². The molecular formula is C11H12F3NO4S. The van der Waals surface area contributed by atoms with Crippen LogP contribution in [0.5, 0.6) is 0 Å². The van der Waals surface area contributed by atoms with Gasteiger partial charge in [-0.2, -0.15) is 17.9 Å². The van der Waals surface area contributed by atoms with E-state index in [2.05, 4.69) is 0 Å². The number of rotatable bonds is 6. The quantitative estimate of drug-likeness (QED) is 0.837. The van der Waals surface area contributed by atoms with Gasteiger partial charge in [-0.1, -0.05) is 30.3 Å². The molecule has 2 N–H and O–H groups in total. The Labute approximate surface area is 113 Å². The van der Waals surface area contributed by atoms with Crippen molar-refractivity contribution in [1.29, 1.82) is 0 Å². The van der Waals surface area contributed by atoms with Gasteiger partial charge in [-0.05, 0) is 5.56 Å². The zero-order valence-corrected chi connectivity index (χ0v) is 10.9. The van der Waals surface area contributed by atoms with Crippen LogP contribution in [0.2, 0.25) is 0 Å². The highest BCUT2D eigenvalue weighted by atomic mass is 32.2. The Morgan fingerprint density at radius 3 is 2.25 bits per heavy atom. The van der Waals surface area contributed by atoms with Crippen LogP contribution in [0.4, 0.5) is 13.2 Å². The van der Waals surface area contributed by atoms with Crippen molar-refractivity contribution >= 4 is 16.0 Å². The van der Waals surface area contributed by atoms with Gasteiger partial charge in [-0.3, -0.25) is 4.79 Å². The van der Waals surface area contributed by atoms with E-state index in [1.165, 1.54) is 24.3 Å². The SMILES string of the molecule is O=C(O)[C@@H](NS(=O)(=O)CCC(F)(F)F)c1ccccc1. The van der Waals surface area contributed by atoms with Crippen molar-refractivity contribution in [1.82, 2.24) is 4.72 Å². The van der Waals surface area contributed by atoms with Crippen molar-refractivity contribution in [3.8, 4) is 0 Å². The van der Waals surface area contributed by atoms with E-state index in [0.717, 1.165) is 0 Å². The first kappa shape index (κ1) is 16.4. The lowest BCUT2D eigenvalue weighted by Crippen LogP contribution is -2.36.